The van der Waals surface area contributed by atoms with E-state index in [9.17, 15) is 0 Å². The zero-order valence-corrected chi connectivity index (χ0v) is 11.3. The highest BCUT2D eigenvalue weighted by molar-refractivity contribution is 7.10. The summed E-state index contributed by atoms with van der Waals surface area (Å²) in [6.45, 7) is 4.06. The number of aromatic nitrogens is 1. The normalized spacial score (nSPS) is 12.4. The zero-order chi connectivity index (χ0) is 12.4. The van der Waals surface area contributed by atoms with Crippen molar-refractivity contribution in [3.05, 3.63) is 40.4 Å². The number of anilines is 2. The van der Waals surface area contributed by atoms with Crippen molar-refractivity contribution in [3.8, 4) is 0 Å². The van der Waals surface area contributed by atoms with Gasteiger partial charge in [-0.2, -0.15) is 4.37 Å². The van der Waals surface area contributed by atoms with Gasteiger partial charge in [0.25, 0.3) is 0 Å². The van der Waals surface area contributed by atoms with E-state index in [0.717, 1.165) is 15.6 Å². The molecule has 3 nitrogen and oxygen atoms in total. The maximum atomic E-state index is 5.86. The maximum Gasteiger partial charge on any atom is 0.142 e. The molecule has 3 N–H and O–H groups in total. The van der Waals surface area contributed by atoms with Crippen molar-refractivity contribution in [2.75, 3.05) is 11.1 Å². The molecule has 0 aliphatic rings. The Bertz CT molecular complexity index is 507. The van der Waals surface area contributed by atoms with Crippen LogP contribution in [-0.2, 0) is 0 Å². The molecule has 0 radical (unpaired) electrons. The lowest BCUT2D eigenvalue weighted by molar-refractivity contribution is 0.888. The van der Waals surface area contributed by atoms with E-state index < -0.39 is 0 Å². The second-order valence-electron chi connectivity index (χ2n) is 3.94. The fourth-order valence-corrected chi connectivity index (χ4v) is 2.44. The Morgan fingerprint density at radius 1 is 1.35 bits per heavy atom. The van der Waals surface area contributed by atoms with E-state index in [1.165, 1.54) is 17.1 Å². The molecule has 2 rings (SSSR count). The first-order valence-corrected chi connectivity index (χ1v) is 6.47. The van der Waals surface area contributed by atoms with Crippen LogP contribution in [0.1, 0.15) is 24.1 Å². The molecule has 0 saturated heterocycles. The molecule has 0 saturated carbocycles. The van der Waals surface area contributed by atoms with Crippen LogP contribution >= 0.6 is 23.1 Å². The third kappa shape index (κ3) is 2.70. The van der Waals surface area contributed by atoms with Gasteiger partial charge in [0.1, 0.15) is 10.8 Å². The van der Waals surface area contributed by atoms with Gasteiger partial charge in [0.2, 0.25) is 0 Å². The van der Waals surface area contributed by atoms with E-state index >= 15 is 0 Å². The monoisotopic (exact) mass is 267 g/mol. The van der Waals surface area contributed by atoms with Crippen molar-refractivity contribution in [2.45, 2.75) is 19.9 Å². The van der Waals surface area contributed by atoms with E-state index in [1.54, 1.807) is 0 Å². The number of halogens is 1. The first kappa shape index (κ1) is 12.2. The largest absolute Gasteiger partial charge is 0.383 e. The first-order valence-electron chi connectivity index (χ1n) is 5.31. The Balaban J connectivity index is 2.14. The number of nitrogens with two attached hydrogens (primary N) is 1. The van der Waals surface area contributed by atoms with Crippen molar-refractivity contribution in [1.82, 2.24) is 4.37 Å². The highest BCUT2D eigenvalue weighted by Gasteiger charge is 2.10. The lowest BCUT2D eigenvalue weighted by Gasteiger charge is -2.14. The van der Waals surface area contributed by atoms with Crippen molar-refractivity contribution >= 4 is 34.0 Å². The molecule has 1 aromatic heterocycles. The van der Waals surface area contributed by atoms with Crippen LogP contribution in [0.5, 0.6) is 0 Å². The number of hydrogen-bond acceptors (Lipinski definition) is 4. The SMILES string of the molecule is Cc1c(N)nsc1NC(C)c1ccc(Cl)cc1. The summed E-state index contributed by atoms with van der Waals surface area (Å²) in [5.41, 5.74) is 7.91. The number of nitrogen functional groups attached to an aromatic ring is 1. The van der Waals surface area contributed by atoms with Gasteiger partial charge in [-0.15, -0.1) is 0 Å². The van der Waals surface area contributed by atoms with E-state index in [4.69, 9.17) is 17.3 Å². The quantitative estimate of drug-likeness (QED) is 0.888. The second-order valence-corrected chi connectivity index (χ2v) is 5.15. The minimum Gasteiger partial charge on any atom is -0.383 e. The molecule has 0 fully saturated rings. The average molecular weight is 268 g/mol. The predicted octanol–water partition coefficient (Wildman–Crippen LogP) is 3.86. The molecule has 2 aromatic rings. The lowest BCUT2D eigenvalue weighted by atomic mass is 10.1. The molecule has 0 amide bonds. The van der Waals surface area contributed by atoms with E-state index in [-0.39, 0.29) is 6.04 Å². The van der Waals surface area contributed by atoms with Gasteiger partial charge in [0, 0.05) is 16.6 Å². The second kappa shape index (κ2) is 4.94. The van der Waals surface area contributed by atoms with Crippen molar-refractivity contribution < 1.29 is 0 Å². The fraction of sp³-hybridized carbons (Fsp3) is 0.250. The van der Waals surface area contributed by atoms with Crippen LogP contribution in [0.2, 0.25) is 5.02 Å². The minimum absolute atomic E-state index is 0.200. The Kier molecular flexibility index (Phi) is 3.54. The summed E-state index contributed by atoms with van der Waals surface area (Å²) < 4.78 is 4.11. The summed E-state index contributed by atoms with van der Waals surface area (Å²) in [6, 6.07) is 8.01. The summed E-state index contributed by atoms with van der Waals surface area (Å²) in [5, 5.41) is 5.17. The number of rotatable bonds is 3. The van der Waals surface area contributed by atoms with Crippen LogP contribution < -0.4 is 11.1 Å². The van der Waals surface area contributed by atoms with Gasteiger partial charge in [-0.1, -0.05) is 23.7 Å². The van der Waals surface area contributed by atoms with Crippen molar-refractivity contribution in [1.29, 1.82) is 0 Å². The molecule has 0 aliphatic carbocycles. The van der Waals surface area contributed by atoms with Gasteiger partial charge in [-0.05, 0) is 43.1 Å². The number of benzene rings is 1. The Morgan fingerprint density at radius 2 is 2.00 bits per heavy atom. The van der Waals surface area contributed by atoms with E-state index in [0.29, 0.717) is 5.82 Å². The Labute approximate surface area is 110 Å². The molecule has 1 unspecified atom stereocenters. The van der Waals surface area contributed by atoms with Crippen LogP contribution in [0, 0.1) is 6.92 Å². The summed E-state index contributed by atoms with van der Waals surface area (Å²) in [5.74, 6) is 0.598. The summed E-state index contributed by atoms with van der Waals surface area (Å²) >= 11 is 7.25. The third-order valence-corrected chi connectivity index (χ3v) is 3.82. The van der Waals surface area contributed by atoms with Gasteiger partial charge >= 0.3 is 0 Å². The Hall–Kier alpha value is -1.26. The van der Waals surface area contributed by atoms with Crippen LogP contribution in [0.25, 0.3) is 0 Å². The molecule has 0 aliphatic heterocycles. The molecule has 90 valence electrons. The smallest absolute Gasteiger partial charge is 0.142 e. The summed E-state index contributed by atoms with van der Waals surface area (Å²) in [4.78, 5) is 0. The van der Waals surface area contributed by atoms with Gasteiger partial charge in [-0.3, -0.25) is 0 Å². The topological polar surface area (TPSA) is 50.9 Å². The van der Waals surface area contributed by atoms with Crippen LogP contribution in [0.15, 0.2) is 24.3 Å². The molecular weight excluding hydrogens is 254 g/mol. The summed E-state index contributed by atoms with van der Waals surface area (Å²) in [7, 11) is 0. The van der Waals surface area contributed by atoms with Crippen LogP contribution in [0.4, 0.5) is 10.8 Å². The molecule has 5 heteroatoms. The predicted molar refractivity (Wildman–Crippen MR) is 74.8 cm³/mol. The maximum absolute atomic E-state index is 5.86. The zero-order valence-electron chi connectivity index (χ0n) is 9.70. The van der Waals surface area contributed by atoms with Gasteiger partial charge in [0.15, 0.2) is 0 Å². The van der Waals surface area contributed by atoms with Gasteiger partial charge in [0.05, 0.1) is 0 Å². The van der Waals surface area contributed by atoms with Gasteiger partial charge < -0.3 is 11.1 Å². The molecular formula is C12H14ClN3S. The molecule has 1 atom stereocenters. The van der Waals surface area contributed by atoms with Gasteiger partial charge in [-0.25, -0.2) is 0 Å². The first-order chi connectivity index (χ1) is 8.08. The van der Waals surface area contributed by atoms with Crippen molar-refractivity contribution in [3.63, 3.8) is 0 Å². The van der Waals surface area contributed by atoms with Crippen molar-refractivity contribution in [2.24, 2.45) is 0 Å². The number of nitrogens with one attached hydrogen (secondary N) is 1. The lowest BCUT2D eigenvalue weighted by Crippen LogP contribution is -2.06. The average Bonchev–Trinajstić information content (AvgIpc) is 2.62. The molecule has 0 spiro atoms. The van der Waals surface area contributed by atoms with E-state index in [1.807, 2.05) is 31.2 Å². The molecule has 0 bridgehead atoms. The highest BCUT2D eigenvalue weighted by atomic mass is 35.5. The van der Waals surface area contributed by atoms with Crippen LogP contribution in [-0.4, -0.2) is 4.37 Å². The molecule has 17 heavy (non-hydrogen) atoms. The number of hydrogen-bond donors (Lipinski definition) is 2. The number of nitrogens with zero attached hydrogens (tertiary/aromatic N) is 1. The molecule has 1 heterocycles. The van der Waals surface area contributed by atoms with Crippen LogP contribution in [0.3, 0.4) is 0 Å². The standard InChI is InChI=1S/C12H14ClN3S/c1-7-11(14)16-17-12(7)15-8(2)9-3-5-10(13)6-4-9/h3-6,8,15H,1-2H3,(H2,14,16). The highest BCUT2D eigenvalue weighted by Crippen LogP contribution is 2.29. The minimum atomic E-state index is 0.200. The Morgan fingerprint density at radius 3 is 2.53 bits per heavy atom. The fourth-order valence-electron chi connectivity index (χ4n) is 1.51. The van der Waals surface area contributed by atoms with E-state index in [2.05, 4.69) is 16.6 Å². The third-order valence-electron chi connectivity index (χ3n) is 2.68. The molecule has 1 aromatic carbocycles. The summed E-state index contributed by atoms with van der Waals surface area (Å²) in [6.07, 6.45) is 0.